The summed E-state index contributed by atoms with van der Waals surface area (Å²) in [6, 6.07) is 10.7. The number of carboxylic acid groups (broad SMARTS) is 1. The number of hydrogen-bond donors (Lipinski definition) is 0. The first kappa shape index (κ1) is 17.7. The fourth-order valence-electron chi connectivity index (χ4n) is 2.35. The summed E-state index contributed by atoms with van der Waals surface area (Å²) in [5.74, 6) is -0.533. The first-order valence-corrected chi connectivity index (χ1v) is 7.78. The number of aliphatic carboxylic acids is 1. The van der Waals surface area contributed by atoms with Crippen molar-refractivity contribution in [2.24, 2.45) is 0 Å². The van der Waals surface area contributed by atoms with Crippen LogP contribution in [0.5, 0.6) is 5.75 Å². The summed E-state index contributed by atoms with van der Waals surface area (Å²) in [6.45, 7) is 3.06. The van der Waals surface area contributed by atoms with Gasteiger partial charge in [-0.25, -0.2) is 0 Å². The van der Waals surface area contributed by atoms with Crippen LogP contribution in [-0.2, 0) is 22.5 Å². The molecular weight excluding hydrogens is 310 g/mol. The van der Waals surface area contributed by atoms with Crippen molar-refractivity contribution < 1.29 is 24.2 Å². The second kappa shape index (κ2) is 8.88. The SMILES string of the molecule is CCOC(Cc1ccc(OCCn2cccc2C=O)cc1)C(=O)[O-]. The molecule has 2 rings (SSSR count). The Bertz CT molecular complexity index is 662. The van der Waals surface area contributed by atoms with Crippen molar-refractivity contribution >= 4 is 12.3 Å². The molecule has 0 saturated heterocycles. The van der Waals surface area contributed by atoms with Crippen molar-refractivity contribution in [3.05, 3.63) is 53.9 Å². The van der Waals surface area contributed by atoms with Gasteiger partial charge in [0.2, 0.25) is 0 Å². The first-order valence-electron chi connectivity index (χ1n) is 7.78. The zero-order chi connectivity index (χ0) is 17.4. The van der Waals surface area contributed by atoms with Gasteiger partial charge in [0.1, 0.15) is 18.5 Å². The van der Waals surface area contributed by atoms with E-state index in [1.807, 2.05) is 16.8 Å². The predicted molar refractivity (Wildman–Crippen MR) is 85.9 cm³/mol. The van der Waals surface area contributed by atoms with Gasteiger partial charge in [0.05, 0.1) is 18.2 Å². The van der Waals surface area contributed by atoms with E-state index in [1.165, 1.54) is 0 Å². The van der Waals surface area contributed by atoms with Crippen molar-refractivity contribution in [3.8, 4) is 5.75 Å². The molecule has 1 aromatic carbocycles. The highest BCUT2D eigenvalue weighted by Gasteiger charge is 2.10. The lowest BCUT2D eigenvalue weighted by Crippen LogP contribution is -2.39. The minimum Gasteiger partial charge on any atom is -0.547 e. The Morgan fingerprint density at radius 1 is 1.29 bits per heavy atom. The van der Waals surface area contributed by atoms with Crippen LogP contribution in [-0.4, -0.2) is 36.1 Å². The smallest absolute Gasteiger partial charge is 0.166 e. The van der Waals surface area contributed by atoms with Crippen molar-refractivity contribution in [1.29, 1.82) is 0 Å². The van der Waals surface area contributed by atoms with Crippen molar-refractivity contribution in [2.45, 2.75) is 26.0 Å². The average Bonchev–Trinajstić information content (AvgIpc) is 3.03. The number of aromatic nitrogens is 1. The maximum Gasteiger partial charge on any atom is 0.166 e. The van der Waals surface area contributed by atoms with Crippen LogP contribution >= 0.6 is 0 Å². The molecule has 1 heterocycles. The number of rotatable bonds is 10. The van der Waals surface area contributed by atoms with Gasteiger partial charge in [-0.15, -0.1) is 0 Å². The van der Waals surface area contributed by atoms with Crippen molar-refractivity contribution in [3.63, 3.8) is 0 Å². The van der Waals surface area contributed by atoms with E-state index in [1.54, 1.807) is 37.3 Å². The normalized spacial score (nSPS) is 11.9. The van der Waals surface area contributed by atoms with Crippen LogP contribution in [0.3, 0.4) is 0 Å². The number of hydrogen-bond acceptors (Lipinski definition) is 5. The highest BCUT2D eigenvalue weighted by molar-refractivity contribution is 5.72. The highest BCUT2D eigenvalue weighted by atomic mass is 16.5. The van der Waals surface area contributed by atoms with E-state index in [4.69, 9.17) is 9.47 Å². The summed E-state index contributed by atoms with van der Waals surface area (Å²) in [5, 5.41) is 11.0. The van der Waals surface area contributed by atoms with Crippen LogP contribution in [0.25, 0.3) is 0 Å². The fraction of sp³-hybridized carbons (Fsp3) is 0.333. The number of ether oxygens (including phenoxy) is 2. The van der Waals surface area contributed by atoms with Crippen LogP contribution < -0.4 is 9.84 Å². The monoisotopic (exact) mass is 330 g/mol. The quantitative estimate of drug-likeness (QED) is 0.609. The van der Waals surface area contributed by atoms with Crippen LogP contribution in [0.1, 0.15) is 23.0 Å². The maximum atomic E-state index is 11.0. The van der Waals surface area contributed by atoms with Crippen LogP contribution in [0, 0.1) is 0 Å². The van der Waals surface area contributed by atoms with Gasteiger partial charge in [-0.1, -0.05) is 12.1 Å². The summed E-state index contributed by atoms with van der Waals surface area (Å²) < 4.78 is 12.6. The summed E-state index contributed by atoms with van der Waals surface area (Å²) in [6.07, 6.45) is 1.94. The Balaban J connectivity index is 1.85. The number of nitrogens with zero attached hydrogens (tertiary/aromatic N) is 1. The Morgan fingerprint density at radius 3 is 2.67 bits per heavy atom. The minimum absolute atomic E-state index is 0.252. The average molecular weight is 330 g/mol. The molecule has 1 unspecified atom stereocenters. The largest absolute Gasteiger partial charge is 0.547 e. The molecule has 1 atom stereocenters. The van der Waals surface area contributed by atoms with Crippen LogP contribution in [0.15, 0.2) is 42.6 Å². The van der Waals surface area contributed by atoms with Gasteiger partial charge < -0.3 is 23.9 Å². The summed E-state index contributed by atoms with van der Waals surface area (Å²) in [4.78, 5) is 21.8. The fourth-order valence-corrected chi connectivity index (χ4v) is 2.35. The first-order chi connectivity index (χ1) is 11.6. The van der Waals surface area contributed by atoms with E-state index in [0.717, 1.165) is 11.8 Å². The molecule has 0 aliphatic carbocycles. The maximum absolute atomic E-state index is 11.0. The highest BCUT2D eigenvalue weighted by Crippen LogP contribution is 2.14. The number of aldehydes is 1. The molecule has 0 bridgehead atoms. The Kier molecular flexibility index (Phi) is 6.57. The molecule has 0 amide bonds. The van der Waals surface area contributed by atoms with Crippen molar-refractivity contribution in [2.75, 3.05) is 13.2 Å². The van der Waals surface area contributed by atoms with Gasteiger partial charge in [0.15, 0.2) is 6.29 Å². The van der Waals surface area contributed by atoms with E-state index in [0.29, 0.717) is 31.2 Å². The summed E-state index contributed by atoms with van der Waals surface area (Å²) in [5.41, 5.74) is 1.44. The molecule has 0 fully saturated rings. The third-order valence-corrected chi connectivity index (χ3v) is 3.56. The Hall–Kier alpha value is -2.60. The lowest BCUT2D eigenvalue weighted by atomic mass is 10.1. The number of benzene rings is 1. The second-order valence-electron chi connectivity index (χ2n) is 5.20. The molecule has 0 saturated carbocycles. The molecule has 0 aliphatic heterocycles. The van der Waals surface area contributed by atoms with Gasteiger partial charge in [-0.3, -0.25) is 4.79 Å². The number of carbonyl (C=O) groups excluding carboxylic acids is 2. The third kappa shape index (κ3) is 4.96. The topological polar surface area (TPSA) is 80.6 Å². The van der Waals surface area contributed by atoms with Gasteiger partial charge in [0.25, 0.3) is 0 Å². The minimum atomic E-state index is -1.21. The molecule has 0 radical (unpaired) electrons. The molecular formula is C18H20NO5-. The zero-order valence-corrected chi connectivity index (χ0v) is 13.5. The molecule has 0 aliphatic rings. The number of carboxylic acids is 1. The molecule has 6 heteroatoms. The molecule has 1 aromatic heterocycles. The molecule has 128 valence electrons. The Morgan fingerprint density at radius 2 is 2.04 bits per heavy atom. The molecule has 2 aromatic rings. The predicted octanol–water partition coefficient (Wildman–Crippen LogP) is 1.08. The van der Waals surface area contributed by atoms with Gasteiger partial charge in [0, 0.05) is 19.2 Å². The number of carbonyl (C=O) groups is 2. The lowest BCUT2D eigenvalue weighted by Gasteiger charge is -2.18. The van der Waals surface area contributed by atoms with E-state index < -0.39 is 12.1 Å². The molecule has 6 nitrogen and oxygen atoms in total. The Labute approximate surface area is 140 Å². The molecule has 0 spiro atoms. The van der Waals surface area contributed by atoms with E-state index in [9.17, 15) is 14.7 Å². The zero-order valence-electron chi connectivity index (χ0n) is 13.5. The standard InChI is InChI=1S/C18H21NO5/c1-2-23-17(18(21)22)12-14-5-7-16(8-6-14)24-11-10-19-9-3-4-15(19)13-20/h3-9,13,17H,2,10-12H2,1H3,(H,21,22)/p-1. The third-order valence-electron chi connectivity index (χ3n) is 3.56. The van der Waals surface area contributed by atoms with Gasteiger partial charge in [-0.05, 0) is 36.8 Å². The van der Waals surface area contributed by atoms with Crippen LogP contribution in [0.4, 0.5) is 0 Å². The van der Waals surface area contributed by atoms with Gasteiger partial charge >= 0.3 is 0 Å². The second-order valence-corrected chi connectivity index (χ2v) is 5.20. The molecule has 0 N–H and O–H groups in total. The summed E-state index contributed by atoms with van der Waals surface area (Å²) >= 11 is 0. The van der Waals surface area contributed by atoms with E-state index in [2.05, 4.69) is 0 Å². The molecule has 24 heavy (non-hydrogen) atoms. The van der Waals surface area contributed by atoms with E-state index >= 15 is 0 Å². The summed E-state index contributed by atoms with van der Waals surface area (Å²) in [7, 11) is 0. The lowest BCUT2D eigenvalue weighted by molar-refractivity contribution is -0.316. The van der Waals surface area contributed by atoms with Gasteiger partial charge in [-0.2, -0.15) is 0 Å². The van der Waals surface area contributed by atoms with Crippen LogP contribution in [0.2, 0.25) is 0 Å². The van der Waals surface area contributed by atoms with E-state index in [-0.39, 0.29) is 6.42 Å². The van der Waals surface area contributed by atoms with Crippen molar-refractivity contribution in [1.82, 2.24) is 4.57 Å².